The first kappa shape index (κ1) is 13.2. The number of hydrogen-bond acceptors (Lipinski definition) is 4. The summed E-state index contributed by atoms with van der Waals surface area (Å²) in [7, 11) is -2.79. The molecule has 15 heavy (non-hydrogen) atoms. The van der Waals surface area contributed by atoms with Gasteiger partial charge in [-0.1, -0.05) is 0 Å². The van der Waals surface area contributed by atoms with E-state index in [0.29, 0.717) is 12.4 Å². The van der Waals surface area contributed by atoms with Gasteiger partial charge in [-0.25, -0.2) is 8.42 Å². The summed E-state index contributed by atoms with van der Waals surface area (Å²) in [5.41, 5.74) is -0.0168. The summed E-state index contributed by atoms with van der Waals surface area (Å²) in [6.07, 6.45) is 0.665. The molecule has 2 aliphatic rings. The number of rotatable bonds is 1. The van der Waals surface area contributed by atoms with Crippen molar-refractivity contribution in [1.29, 1.82) is 0 Å². The molecule has 0 aliphatic carbocycles. The second-order valence-corrected chi connectivity index (χ2v) is 7.15. The third-order valence-electron chi connectivity index (χ3n) is 2.85. The van der Waals surface area contributed by atoms with E-state index in [1.165, 1.54) is 0 Å². The zero-order valence-corrected chi connectivity index (χ0v) is 10.7. The number of halogens is 1. The lowest BCUT2D eigenvalue weighted by atomic mass is 10.1. The highest BCUT2D eigenvalue weighted by Crippen LogP contribution is 2.27. The molecule has 0 spiro atoms. The van der Waals surface area contributed by atoms with E-state index < -0.39 is 9.84 Å². The Labute approximate surface area is 97.1 Å². The van der Waals surface area contributed by atoms with Crippen LogP contribution in [0.4, 0.5) is 0 Å². The fourth-order valence-corrected chi connectivity index (χ4v) is 3.91. The van der Waals surface area contributed by atoms with Crippen molar-refractivity contribution in [1.82, 2.24) is 5.32 Å². The molecule has 0 saturated carbocycles. The summed E-state index contributed by atoms with van der Waals surface area (Å²) in [6, 6.07) is 0. The molecule has 0 aromatic heterocycles. The maximum Gasteiger partial charge on any atom is 0.150 e. The van der Waals surface area contributed by atoms with Crippen LogP contribution in [0.2, 0.25) is 0 Å². The molecular formula is C9H18ClNO3S. The van der Waals surface area contributed by atoms with E-state index in [9.17, 15) is 8.42 Å². The molecule has 2 rings (SSSR count). The summed E-state index contributed by atoms with van der Waals surface area (Å²) in [5.74, 6) is 0.738. The predicted octanol–water partition coefficient (Wildman–Crippen LogP) is 0.567. The van der Waals surface area contributed by atoms with Crippen molar-refractivity contribution in [3.8, 4) is 0 Å². The first-order valence-corrected chi connectivity index (χ1v) is 6.80. The number of ether oxygens (including phenoxy) is 1. The molecule has 2 fully saturated rings. The fourth-order valence-electron chi connectivity index (χ4n) is 2.08. The molecule has 0 aromatic carbocycles. The monoisotopic (exact) mass is 255 g/mol. The topological polar surface area (TPSA) is 55.4 Å². The van der Waals surface area contributed by atoms with Crippen LogP contribution in [0.25, 0.3) is 0 Å². The van der Waals surface area contributed by atoms with Crippen molar-refractivity contribution in [2.45, 2.75) is 32.0 Å². The molecule has 2 atom stereocenters. The zero-order chi connectivity index (χ0) is 10.4. The summed E-state index contributed by atoms with van der Waals surface area (Å²) < 4.78 is 28.1. The minimum Gasteiger partial charge on any atom is -0.361 e. The van der Waals surface area contributed by atoms with Gasteiger partial charge in [0.05, 0.1) is 18.1 Å². The maximum absolute atomic E-state index is 11.3. The molecular weight excluding hydrogens is 238 g/mol. The van der Waals surface area contributed by atoms with Gasteiger partial charge in [0.1, 0.15) is 6.23 Å². The fraction of sp³-hybridized carbons (Fsp3) is 1.00. The van der Waals surface area contributed by atoms with E-state index in [-0.39, 0.29) is 35.8 Å². The van der Waals surface area contributed by atoms with E-state index in [1.54, 1.807) is 0 Å². The van der Waals surface area contributed by atoms with Crippen molar-refractivity contribution in [3.05, 3.63) is 0 Å². The average Bonchev–Trinajstić information content (AvgIpc) is 2.54. The van der Waals surface area contributed by atoms with Crippen LogP contribution >= 0.6 is 12.4 Å². The van der Waals surface area contributed by atoms with Gasteiger partial charge in [-0.3, -0.25) is 5.32 Å². The second kappa shape index (κ2) is 4.20. The van der Waals surface area contributed by atoms with Crippen LogP contribution in [0.3, 0.4) is 0 Å². The quantitative estimate of drug-likeness (QED) is 0.744. The third kappa shape index (κ3) is 3.06. The summed E-state index contributed by atoms with van der Waals surface area (Å²) in [6.45, 7) is 4.79. The highest BCUT2D eigenvalue weighted by Gasteiger charge is 2.40. The van der Waals surface area contributed by atoms with E-state index in [1.807, 2.05) is 0 Å². The van der Waals surface area contributed by atoms with Crippen molar-refractivity contribution in [2.75, 3.05) is 18.1 Å². The first-order valence-electron chi connectivity index (χ1n) is 4.98. The Bertz CT molecular complexity index is 328. The molecule has 0 radical (unpaired) electrons. The van der Waals surface area contributed by atoms with Crippen LogP contribution in [0.15, 0.2) is 0 Å². The molecule has 6 heteroatoms. The third-order valence-corrected chi connectivity index (χ3v) is 4.65. The largest absolute Gasteiger partial charge is 0.361 e. The SMILES string of the molecule is CC1(C)COC(C2CCS(=O)(=O)C2)N1.Cl. The number of hydrogen-bond donors (Lipinski definition) is 1. The van der Waals surface area contributed by atoms with Crippen molar-refractivity contribution < 1.29 is 13.2 Å². The van der Waals surface area contributed by atoms with Gasteiger partial charge < -0.3 is 4.74 Å². The molecule has 0 aromatic rings. The van der Waals surface area contributed by atoms with Crippen LogP contribution in [0, 0.1) is 5.92 Å². The van der Waals surface area contributed by atoms with Crippen LogP contribution in [-0.2, 0) is 14.6 Å². The minimum atomic E-state index is -2.79. The van der Waals surface area contributed by atoms with Crippen LogP contribution in [0.1, 0.15) is 20.3 Å². The Morgan fingerprint density at radius 1 is 1.40 bits per heavy atom. The lowest BCUT2D eigenvalue weighted by Crippen LogP contribution is -2.42. The van der Waals surface area contributed by atoms with Crippen molar-refractivity contribution >= 4 is 22.2 Å². The zero-order valence-electron chi connectivity index (χ0n) is 9.02. The van der Waals surface area contributed by atoms with E-state index in [4.69, 9.17) is 4.74 Å². The van der Waals surface area contributed by atoms with Gasteiger partial charge in [0.15, 0.2) is 9.84 Å². The molecule has 0 bridgehead atoms. The van der Waals surface area contributed by atoms with Crippen molar-refractivity contribution in [2.24, 2.45) is 5.92 Å². The molecule has 4 nitrogen and oxygen atoms in total. The molecule has 90 valence electrons. The van der Waals surface area contributed by atoms with E-state index >= 15 is 0 Å². The first-order chi connectivity index (χ1) is 6.38. The normalized spacial score (nSPS) is 37.5. The van der Waals surface area contributed by atoms with Crippen LogP contribution in [-0.4, -0.2) is 38.3 Å². The van der Waals surface area contributed by atoms with Gasteiger partial charge >= 0.3 is 0 Å². The molecule has 1 N–H and O–H groups in total. The Hall–Kier alpha value is 0.160. The lowest BCUT2D eigenvalue weighted by Gasteiger charge is -2.20. The molecule has 0 amide bonds. The van der Waals surface area contributed by atoms with Gasteiger partial charge in [0.25, 0.3) is 0 Å². The van der Waals surface area contributed by atoms with E-state index in [2.05, 4.69) is 19.2 Å². The van der Waals surface area contributed by atoms with Gasteiger partial charge in [0.2, 0.25) is 0 Å². The number of nitrogens with one attached hydrogen (secondary N) is 1. The summed E-state index contributed by atoms with van der Waals surface area (Å²) in [5, 5.41) is 3.32. The van der Waals surface area contributed by atoms with Gasteiger partial charge in [-0.2, -0.15) is 0 Å². The molecule has 2 aliphatic heterocycles. The number of sulfone groups is 1. The summed E-state index contributed by atoms with van der Waals surface area (Å²) in [4.78, 5) is 0. The molecule has 2 saturated heterocycles. The van der Waals surface area contributed by atoms with Crippen LogP contribution in [0.5, 0.6) is 0 Å². The van der Waals surface area contributed by atoms with Crippen LogP contribution < -0.4 is 5.32 Å². The van der Waals surface area contributed by atoms with Gasteiger partial charge in [-0.05, 0) is 20.3 Å². The Balaban J connectivity index is 0.00000112. The standard InChI is InChI=1S/C9H17NO3S.ClH/c1-9(2)6-13-8(10-9)7-3-4-14(11,12)5-7;/h7-8,10H,3-6H2,1-2H3;1H. The molecule has 2 unspecified atom stereocenters. The van der Waals surface area contributed by atoms with Gasteiger partial charge in [0, 0.05) is 11.5 Å². The highest BCUT2D eigenvalue weighted by molar-refractivity contribution is 7.91. The highest BCUT2D eigenvalue weighted by atomic mass is 35.5. The Morgan fingerprint density at radius 3 is 2.47 bits per heavy atom. The predicted molar refractivity (Wildman–Crippen MR) is 61.0 cm³/mol. The lowest BCUT2D eigenvalue weighted by molar-refractivity contribution is 0.0598. The summed E-state index contributed by atoms with van der Waals surface area (Å²) >= 11 is 0. The van der Waals surface area contributed by atoms with Gasteiger partial charge in [-0.15, -0.1) is 12.4 Å². The molecule has 2 heterocycles. The minimum absolute atomic E-state index is 0. The Morgan fingerprint density at radius 2 is 2.07 bits per heavy atom. The Kier molecular flexibility index (Phi) is 3.70. The van der Waals surface area contributed by atoms with Crippen molar-refractivity contribution in [3.63, 3.8) is 0 Å². The van der Waals surface area contributed by atoms with E-state index in [0.717, 1.165) is 6.42 Å². The second-order valence-electron chi connectivity index (χ2n) is 4.92. The maximum atomic E-state index is 11.3. The smallest absolute Gasteiger partial charge is 0.150 e. The average molecular weight is 256 g/mol.